The van der Waals surface area contributed by atoms with Gasteiger partial charge in [0.15, 0.2) is 0 Å². The molecule has 0 atom stereocenters. The molecule has 0 spiro atoms. The highest BCUT2D eigenvalue weighted by Gasteiger charge is 2.45. The Bertz CT molecular complexity index is 1260. The van der Waals surface area contributed by atoms with Gasteiger partial charge in [-0.25, -0.2) is 9.18 Å². The molecule has 4 amide bonds. The van der Waals surface area contributed by atoms with Crippen molar-refractivity contribution in [3.05, 3.63) is 43.8 Å². The first-order chi connectivity index (χ1) is 18.0. The largest absolute Gasteiger partial charge is 0.338 e. The molecule has 0 radical (unpaired) electrons. The van der Waals surface area contributed by atoms with Crippen LogP contribution in [0.15, 0.2) is 18.2 Å². The maximum absolute atomic E-state index is 13.9. The summed E-state index contributed by atoms with van der Waals surface area (Å²) in [4.78, 5) is 46.8. The van der Waals surface area contributed by atoms with E-state index in [1.165, 1.54) is 17.4 Å². The second kappa shape index (κ2) is 12.0. The summed E-state index contributed by atoms with van der Waals surface area (Å²) < 4.78 is 13.7. The second-order valence-electron chi connectivity index (χ2n) is 11.6. The normalized spacial score (nSPS) is 15.6. The van der Waals surface area contributed by atoms with Gasteiger partial charge in [0.1, 0.15) is 16.2 Å². The Balaban J connectivity index is 1.88. The Morgan fingerprint density at radius 2 is 1.74 bits per heavy atom. The SMILES string of the molecule is CN(C)CCN1CCN(C(=O)c2sc(CC(C)(C)C)cc2NC(=O)Nc2ccc(F)c(Cl)c2Cl)C(C)(C)C1=O. The molecule has 2 aromatic rings. The smallest absolute Gasteiger partial charge is 0.323 e. The van der Waals surface area contributed by atoms with Crippen molar-refractivity contribution in [2.45, 2.75) is 46.6 Å². The van der Waals surface area contributed by atoms with E-state index < -0.39 is 17.4 Å². The van der Waals surface area contributed by atoms with Crippen LogP contribution in [0.1, 0.15) is 49.2 Å². The quantitative estimate of drug-likeness (QED) is 0.379. The van der Waals surface area contributed by atoms with Crippen LogP contribution in [0.4, 0.5) is 20.6 Å². The lowest BCUT2D eigenvalue weighted by molar-refractivity contribution is -0.146. The number of nitrogens with one attached hydrogen (secondary N) is 2. The summed E-state index contributed by atoms with van der Waals surface area (Å²) in [7, 11) is 3.90. The van der Waals surface area contributed by atoms with Gasteiger partial charge in [0, 0.05) is 31.1 Å². The highest BCUT2D eigenvalue weighted by Crippen LogP contribution is 2.36. The number of amides is 4. The zero-order valence-corrected chi connectivity index (χ0v) is 25.7. The van der Waals surface area contributed by atoms with Crippen molar-refractivity contribution in [2.75, 3.05) is 50.9 Å². The number of hydrogen-bond acceptors (Lipinski definition) is 5. The van der Waals surface area contributed by atoms with Crippen molar-refractivity contribution in [3.63, 3.8) is 0 Å². The molecule has 2 N–H and O–H groups in total. The van der Waals surface area contributed by atoms with Crippen LogP contribution in [0.25, 0.3) is 0 Å². The number of thiophene rings is 1. The van der Waals surface area contributed by atoms with Crippen molar-refractivity contribution in [3.8, 4) is 0 Å². The first kappa shape index (κ1) is 31.1. The molecule has 1 saturated heterocycles. The second-order valence-corrected chi connectivity index (χ2v) is 13.5. The molecule has 0 bridgehead atoms. The van der Waals surface area contributed by atoms with Crippen LogP contribution >= 0.6 is 34.5 Å². The zero-order valence-electron chi connectivity index (χ0n) is 23.4. The molecular formula is C27H36Cl2FN5O3S. The molecule has 1 fully saturated rings. The number of nitrogens with zero attached hydrogens (tertiary/aromatic N) is 3. The maximum atomic E-state index is 13.9. The third-order valence-corrected chi connectivity index (χ3v) is 8.34. The molecule has 0 saturated carbocycles. The molecular weight excluding hydrogens is 564 g/mol. The molecule has 3 rings (SSSR count). The molecule has 1 aliphatic rings. The molecule has 39 heavy (non-hydrogen) atoms. The van der Waals surface area contributed by atoms with E-state index in [2.05, 4.69) is 31.4 Å². The molecule has 12 heteroatoms. The first-order valence-corrected chi connectivity index (χ1v) is 14.2. The molecule has 214 valence electrons. The minimum atomic E-state index is -1.06. The lowest BCUT2D eigenvalue weighted by atomic mass is 9.91. The summed E-state index contributed by atoms with van der Waals surface area (Å²) in [5.41, 5.74) is -0.673. The molecule has 0 aliphatic carbocycles. The summed E-state index contributed by atoms with van der Waals surface area (Å²) in [6, 6.07) is 3.52. The minimum absolute atomic E-state index is 0.0591. The third kappa shape index (κ3) is 7.42. The van der Waals surface area contributed by atoms with Gasteiger partial charge in [-0.2, -0.15) is 0 Å². The number of likely N-dealkylation sites (N-methyl/N-ethyl adjacent to an activating group) is 1. The summed E-state index contributed by atoms with van der Waals surface area (Å²) in [6.45, 7) is 11.9. The maximum Gasteiger partial charge on any atom is 0.323 e. The van der Waals surface area contributed by atoms with E-state index in [1.54, 1.807) is 29.7 Å². The Labute approximate surface area is 243 Å². The van der Waals surface area contributed by atoms with Gasteiger partial charge in [0.25, 0.3) is 5.91 Å². The van der Waals surface area contributed by atoms with Crippen LogP contribution in [0, 0.1) is 11.2 Å². The number of hydrogen-bond donors (Lipinski definition) is 2. The topological polar surface area (TPSA) is 85.0 Å². The van der Waals surface area contributed by atoms with Gasteiger partial charge in [0.05, 0.1) is 21.4 Å². The van der Waals surface area contributed by atoms with Gasteiger partial charge >= 0.3 is 6.03 Å². The van der Waals surface area contributed by atoms with Crippen molar-refractivity contribution >= 4 is 63.8 Å². The highest BCUT2D eigenvalue weighted by molar-refractivity contribution is 7.14. The average Bonchev–Trinajstić information content (AvgIpc) is 3.20. The van der Waals surface area contributed by atoms with E-state index >= 15 is 0 Å². The molecule has 8 nitrogen and oxygen atoms in total. The van der Waals surface area contributed by atoms with E-state index in [4.69, 9.17) is 23.2 Å². The van der Waals surface area contributed by atoms with Crippen molar-refractivity contribution in [2.24, 2.45) is 5.41 Å². The number of benzene rings is 1. The monoisotopic (exact) mass is 599 g/mol. The predicted octanol–water partition coefficient (Wildman–Crippen LogP) is 6.05. The van der Waals surface area contributed by atoms with E-state index in [9.17, 15) is 18.8 Å². The van der Waals surface area contributed by atoms with Crippen molar-refractivity contribution in [1.82, 2.24) is 14.7 Å². The summed E-state index contributed by atoms with van der Waals surface area (Å²) >= 11 is 13.3. The molecule has 1 aromatic heterocycles. The summed E-state index contributed by atoms with van der Waals surface area (Å²) in [5, 5.41) is 4.88. The summed E-state index contributed by atoms with van der Waals surface area (Å²) in [5.74, 6) is -1.15. The number of urea groups is 1. The number of halogens is 3. The van der Waals surface area contributed by atoms with Crippen LogP contribution in [0.5, 0.6) is 0 Å². The lowest BCUT2D eigenvalue weighted by Crippen LogP contribution is -2.65. The number of carbonyl (C=O) groups excluding carboxylic acids is 3. The Morgan fingerprint density at radius 3 is 2.36 bits per heavy atom. The van der Waals surface area contributed by atoms with Crippen molar-refractivity contribution < 1.29 is 18.8 Å². The number of carbonyl (C=O) groups is 3. The van der Waals surface area contributed by atoms with E-state index in [0.717, 1.165) is 17.5 Å². The average molecular weight is 601 g/mol. The number of anilines is 2. The fourth-order valence-corrected chi connectivity index (χ4v) is 6.04. The highest BCUT2D eigenvalue weighted by atomic mass is 35.5. The van der Waals surface area contributed by atoms with Crippen LogP contribution in [0.3, 0.4) is 0 Å². The molecule has 0 unspecified atom stereocenters. The van der Waals surface area contributed by atoms with Crippen LogP contribution in [-0.4, -0.2) is 78.4 Å². The predicted molar refractivity (Wildman–Crippen MR) is 157 cm³/mol. The van der Waals surface area contributed by atoms with Crippen LogP contribution < -0.4 is 10.6 Å². The molecule has 2 heterocycles. The Morgan fingerprint density at radius 1 is 1.10 bits per heavy atom. The third-order valence-electron chi connectivity index (χ3n) is 6.35. The fraction of sp³-hybridized carbons (Fsp3) is 0.519. The Kier molecular flexibility index (Phi) is 9.58. The van der Waals surface area contributed by atoms with Gasteiger partial charge in [-0.3, -0.25) is 9.59 Å². The lowest BCUT2D eigenvalue weighted by Gasteiger charge is -2.46. The van der Waals surface area contributed by atoms with E-state index in [1.807, 2.05) is 19.0 Å². The molecule has 1 aromatic carbocycles. The first-order valence-electron chi connectivity index (χ1n) is 12.6. The Hall–Kier alpha value is -2.40. The van der Waals surface area contributed by atoms with Gasteiger partial charge in [-0.15, -0.1) is 11.3 Å². The van der Waals surface area contributed by atoms with E-state index in [-0.39, 0.29) is 33.0 Å². The summed E-state index contributed by atoms with van der Waals surface area (Å²) in [6.07, 6.45) is 0.682. The minimum Gasteiger partial charge on any atom is -0.338 e. The van der Waals surface area contributed by atoms with Gasteiger partial charge in [-0.05, 0) is 58.0 Å². The van der Waals surface area contributed by atoms with Crippen molar-refractivity contribution in [1.29, 1.82) is 0 Å². The van der Waals surface area contributed by atoms with Crippen LogP contribution in [0.2, 0.25) is 10.0 Å². The van der Waals surface area contributed by atoms with Gasteiger partial charge in [0.2, 0.25) is 5.91 Å². The standard InChI is InChI=1S/C27H36Cl2FN5O3S/c1-26(2,3)15-16-14-19(32-25(38)31-18-9-8-17(30)20(28)21(18)29)22(39-16)23(36)35-13-12-34(11-10-33(6)7)24(37)27(35,4)5/h8-9,14H,10-13,15H2,1-7H3,(H2,31,32,38). The molecule has 1 aliphatic heterocycles. The van der Waals surface area contributed by atoms with Gasteiger partial charge in [-0.1, -0.05) is 44.0 Å². The van der Waals surface area contributed by atoms with Gasteiger partial charge < -0.3 is 25.3 Å². The number of rotatable bonds is 7. The zero-order chi connectivity index (χ0) is 29.3. The van der Waals surface area contributed by atoms with E-state index in [0.29, 0.717) is 36.6 Å². The fourth-order valence-electron chi connectivity index (χ4n) is 4.32. The van der Waals surface area contributed by atoms with Crippen LogP contribution in [-0.2, 0) is 11.2 Å². The number of piperazine rings is 1.